The zero-order valence-corrected chi connectivity index (χ0v) is 17.5. The van der Waals surface area contributed by atoms with Crippen molar-refractivity contribution in [2.45, 2.75) is 32.7 Å². The smallest absolute Gasteiger partial charge is 0.332 e. The summed E-state index contributed by atoms with van der Waals surface area (Å²) < 4.78 is 5.15. The minimum absolute atomic E-state index is 0.0930. The van der Waals surface area contributed by atoms with Crippen LogP contribution in [0.2, 0.25) is 0 Å². The molecule has 1 N–H and O–H groups in total. The number of benzene rings is 2. The van der Waals surface area contributed by atoms with Gasteiger partial charge in [0.05, 0.1) is 19.2 Å². The molecule has 1 atom stereocenters. The monoisotopic (exact) mass is 409 g/mol. The van der Waals surface area contributed by atoms with Crippen LogP contribution in [0.25, 0.3) is 0 Å². The van der Waals surface area contributed by atoms with E-state index in [1.165, 1.54) is 4.90 Å². The van der Waals surface area contributed by atoms with Crippen LogP contribution in [0.1, 0.15) is 26.7 Å². The van der Waals surface area contributed by atoms with E-state index in [-0.39, 0.29) is 12.3 Å². The van der Waals surface area contributed by atoms with Crippen molar-refractivity contribution >= 4 is 29.2 Å². The van der Waals surface area contributed by atoms with Gasteiger partial charge in [-0.15, -0.1) is 0 Å². The minimum Gasteiger partial charge on any atom is -0.497 e. The number of amides is 4. The first kappa shape index (κ1) is 21.4. The lowest BCUT2D eigenvalue weighted by molar-refractivity contribution is -0.124. The molecular formula is C23H27N3O4. The number of nitrogens with zero attached hydrogens (tertiary/aromatic N) is 2. The van der Waals surface area contributed by atoms with Crippen molar-refractivity contribution in [2.24, 2.45) is 5.92 Å². The van der Waals surface area contributed by atoms with Crippen molar-refractivity contribution < 1.29 is 19.1 Å². The van der Waals surface area contributed by atoms with E-state index in [0.29, 0.717) is 29.6 Å². The number of hydrogen-bond acceptors (Lipinski definition) is 4. The third-order valence-corrected chi connectivity index (χ3v) is 5.03. The van der Waals surface area contributed by atoms with Gasteiger partial charge in [0.15, 0.2) is 0 Å². The maximum absolute atomic E-state index is 13.2. The van der Waals surface area contributed by atoms with Crippen molar-refractivity contribution in [3.8, 4) is 5.75 Å². The number of methoxy groups -OCH3 is 1. The van der Waals surface area contributed by atoms with Gasteiger partial charge >= 0.3 is 6.03 Å². The summed E-state index contributed by atoms with van der Waals surface area (Å²) in [5.74, 6) is 0.297. The Morgan fingerprint density at radius 1 is 1.07 bits per heavy atom. The van der Waals surface area contributed by atoms with Gasteiger partial charge < -0.3 is 15.0 Å². The number of carbonyl (C=O) groups excluding carboxylic acids is 3. The summed E-state index contributed by atoms with van der Waals surface area (Å²) in [6.07, 6.45) is 0.649. The van der Waals surface area contributed by atoms with Gasteiger partial charge in [-0.1, -0.05) is 32.0 Å². The molecule has 1 saturated heterocycles. The van der Waals surface area contributed by atoms with Gasteiger partial charge in [0.25, 0.3) is 5.91 Å². The molecule has 158 valence electrons. The second-order valence-corrected chi connectivity index (χ2v) is 7.66. The molecule has 7 nitrogen and oxygen atoms in total. The molecule has 1 fully saturated rings. The largest absolute Gasteiger partial charge is 0.497 e. The van der Waals surface area contributed by atoms with E-state index in [9.17, 15) is 14.4 Å². The second kappa shape index (κ2) is 9.43. The molecule has 0 radical (unpaired) electrons. The summed E-state index contributed by atoms with van der Waals surface area (Å²) >= 11 is 0. The molecule has 4 amide bonds. The van der Waals surface area contributed by atoms with E-state index < -0.39 is 18.0 Å². The average molecular weight is 409 g/mol. The van der Waals surface area contributed by atoms with E-state index in [1.807, 2.05) is 18.2 Å². The minimum atomic E-state index is -0.831. The molecule has 1 heterocycles. The number of urea groups is 1. The van der Waals surface area contributed by atoms with Gasteiger partial charge in [0, 0.05) is 12.2 Å². The van der Waals surface area contributed by atoms with Gasteiger partial charge in [-0.3, -0.25) is 9.59 Å². The highest BCUT2D eigenvalue weighted by Gasteiger charge is 2.46. The maximum Gasteiger partial charge on any atom is 0.332 e. The lowest BCUT2D eigenvalue weighted by Crippen LogP contribution is -2.39. The van der Waals surface area contributed by atoms with E-state index in [0.717, 1.165) is 11.3 Å². The topological polar surface area (TPSA) is 79.0 Å². The number of nitrogens with one attached hydrogen (secondary N) is 1. The number of para-hydroxylation sites is 1. The zero-order valence-electron chi connectivity index (χ0n) is 17.5. The maximum atomic E-state index is 13.2. The molecular weight excluding hydrogens is 382 g/mol. The summed E-state index contributed by atoms with van der Waals surface area (Å²) in [4.78, 5) is 41.5. The first-order valence-electron chi connectivity index (χ1n) is 10.0. The third-order valence-electron chi connectivity index (χ3n) is 5.03. The summed E-state index contributed by atoms with van der Waals surface area (Å²) in [6.45, 7) is 4.53. The molecule has 30 heavy (non-hydrogen) atoms. The van der Waals surface area contributed by atoms with E-state index in [1.54, 1.807) is 43.5 Å². The Balaban J connectivity index is 1.81. The molecule has 0 unspecified atom stereocenters. The number of ether oxygens (including phenoxy) is 1. The summed E-state index contributed by atoms with van der Waals surface area (Å²) in [7, 11) is 1.55. The number of imide groups is 1. The van der Waals surface area contributed by atoms with Crippen molar-refractivity contribution in [1.29, 1.82) is 0 Å². The van der Waals surface area contributed by atoms with Crippen molar-refractivity contribution in [1.82, 2.24) is 4.90 Å². The van der Waals surface area contributed by atoms with Crippen LogP contribution in [-0.2, 0) is 9.59 Å². The molecule has 2 aromatic rings. The fourth-order valence-electron chi connectivity index (χ4n) is 3.36. The third kappa shape index (κ3) is 4.79. The molecule has 0 bridgehead atoms. The Kier molecular flexibility index (Phi) is 6.72. The Bertz CT molecular complexity index is 896. The van der Waals surface area contributed by atoms with Gasteiger partial charge in [0.1, 0.15) is 11.8 Å². The van der Waals surface area contributed by atoms with Crippen LogP contribution in [0, 0.1) is 5.92 Å². The summed E-state index contributed by atoms with van der Waals surface area (Å²) in [5, 5.41) is 2.80. The number of anilines is 2. The fourth-order valence-corrected chi connectivity index (χ4v) is 3.36. The SMILES string of the molecule is COc1ccc(N2C(=O)[C@@H](CC(=O)Nc3ccccc3)N(CCC(C)C)C2=O)cc1. The van der Waals surface area contributed by atoms with E-state index in [2.05, 4.69) is 19.2 Å². The van der Waals surface area contributed by atoms with Gasteiger partial charge in [-0.25, -0.2) is 9.69 Å². The Morgan fingerprint density at radius 2 is 1.73 bits per heavy atom. The predicted octanol–water partition coefficient (Wildman–Crippen LogP) is 3.91. The van der Waals surface area contributed by atoms with Crippen molar-refractivity contribution in [2.75, 3.05) is 23.9 Å². The van der Waals surface area contributed by atoms with Crippen LogP contribution in [0.3, 0.4) is 0 Å². The summed E-state index contributed by atoms with van der Waals surface area (Å²) in [5.41, 5.74) is 1.12. The predicted molar refractivity (Wildman–Crippen MR) is 116 cm³/mol. The van der Waals surface area contributed by atoms with Crippen LogP contribution in [0.5, 0.6) is 5.75 Å². The zero-order chi connectivity index (χ0) is 21.7. The van der Waals surface area contributed by atoms with Gasteiger partial charge in [0.2, 0.25) is 5.91 Å². The van der Waals surface area contributed by atoms with E-state index in [4.69, 9.17) is 4.74 Å². The normalized spacial score (nSPS) is 16.3. The average Bonchev–Trinajstić information content (AvgIpc) is 2.96. The van der Waals surface area contributed by atoms with Crippen LogP contribution >= 0.6 is 0 Å². The molecule has 0 aromatic heterocycles. The molecule has 0 saturated carbocycles. The Labute approximate surface area is 176 Å². The fraction of sp³-hybridized carbons (Fsp3) is 0.348. The molecule has 0 aliphatic carbocycles. The van der Waals surface area contributed by atoms with Crippen molar-refractivity contribution in [3.05, 3.63) is 54.6 Å². The molecule has 1 aliphatic rings. The Morgan fingerprint density at radius 3 is 2.33 bits per heavy atom. The van der Waals surface area contributed by atoms with Gasteiger partial charge in [-0.05, 0) is 48.7 Å². The molecule has 7 heteroatoms. The second-order valence-electron chi connectivity index (χ2n) is 7.66. The van der Waals surface area contributed by atoms with Crippen LogP contribution in [-0.4, -0.2) is 42.4 Å². The highest BCUT2D eigenvalue weighted by molar-refractivity contribution is 6.22. The number of hydrogen-bond donors (Lipinski definition) is 1. The first-order chi connectivity index (χ1) is 14.4. The van der Waals surface area contributed by atoms with Gasteiger partial charge in [-0.2, -0.15) is 0 Å². The van der Waals surface area contributed by atoms with Crippen LogP contribution < -0.4 is 15.0 Å². The quantitative estimate of drug-likeness (QED) is 0.671. The number of rotatable bonds is 8. The molecule has 3 rings (SSSR count). The summed E-state index contributed by atoms with van der Waals surface area (Å²) in [6, 6.07) is 14.6. The van der Waals surface area contributed by atoms with Crippen LogP contribution in [0.4, 0.5) is 16.2 Å². The number of carbonyl (C=O) groups is 3. The lowest BCUT2D eigenvalue weighted by atomic mass is 10.1. The molecule has 1 aliphatic heterocycles. The molecule has 2 aromatic carbocycles. The Hall–Kier alpha value is -3.35. The van der Waals surface area contributed by atoms with Crippen LogP contribution in [0.15, 0.2) is 54.6 Å². The highest BCUT2D eigenvalue weighted by Crippen LogP contribution is 2.29. The first-order valence-corrected chi connectivity index (χ1v) is 10.0. The standard InChI is InChI=1S/C23H27N3O4/c1-16(2)13-14-25-20(15-21(27)24-17-7-5-4-6-8-17)22(28)26(23(25)29)18-9-11-19(30-3)12-10-18/h4-12,16,20H,13-15H2,1-3H3,(H,24,27)/t20-/m1/s1. The van der Waals surface area contributed by atoms with E-state index >= 15 is 0 Å². The highest BCUT2D eigenvalue weighted by atomic mass is 16.5. The van der Waals surface area contributed by atoms with Crippen molar-refractivity contribution in [3.63, 3.8) is 0 Å². The molecule has 0 spiro atoms. The lowest BCUT2D eigenvalue weighted by Gasteiger charge is -2.22.